The largest absolute Gasteiger partial charge is 2.00 e. The van der Waals surface area contributed by atoms with Crippen molar-refractivity contribution in [1.29, 1.82) is 0 Å². The molecule has 0 aromatic rings. The maximum atomic E-state index is 8.52. The minimum absolute atomic E-state index is 0. The van der Waals surface area contributed by atoms with Crippen LogP contribution >= 0.6 is 0 Å². The first-order chi connectivity index (χ1) is 4.00. The second-order valence-electron chi connectivity index (χ2n) is 0.816. The van der Waals surface area contributed by atoms with E-state index in [4.69, 9.17) is 35.0 Å². The van der Waals surface area contributed by atoms with Gasteiger partial charge in [0.05, 0.1) is 0 Å². The standard InChI is InChI=1S/2ClH.3Fe.2H2O4S/c;;;;;2*1-5(2,3)4/h2*1H;;;;2*(H2,1,2,3,4)/q;;3*+2;;/p-6. The molecule has 0 amide bonds. The van der Waals surface area contributed by atoms with Gasteiger partial charge in [-0.1, -0.05) is 0 Å². The molecule has 8 nitrogen and oxygen atoms in total. The first kappa shape index (κ1) is 43.6. The first-order valence-corrected chi connectivity index (χ1v) is 4.00. The van der Waals surface area contributed by atoms with Crippen LogP contribution in [0.2, 0.25) is 0 Å². The van der Waals surface area contributed by atoms with Crippen molar-refractivity contribution in [2.75, 3.05) is 0 Å². The van der Waals surface area contributed by atoms with Crippen LogP contribution in [0.25, 0.3) is 0 Å². The fourth-order valence-electron chi connectivity index (χ4n) is 0. The summed E-state index contributed by atoms with van der Waals surface area (Å²) in [6, 6.07) is 0. The van der Waals surface area contributed by atoms with Crippen LogP contribution in [0.1, 0.15) is 0 Å². The van der Waals surface area contributed by atoms with E-state index in [1.807, 2.05) is 0 Å². The van der Waals surface area contributed by atoms with Crippen molar-refractivity contribution in [3.8, 4) is 0 Å². The molecule has 0 unspecified atom stereocenters. The second kappa shape index (κ2) is 18.2. The Morgan fingerprint density at radius 2 is 0.533 bits per heavy atom. The van der Waals surface area contributed by atoms with E-state index in [-0.39, 0.29) is 76.0 Å². The van der Waals surface area contributed by atoms with Crippen molar-refractivity contribution in [3.05, 3.63) is 0 Å². The zero-order valence-corrected chi connectivity index (χ0v) is 12.4. The predicted octanol–water partition coefficient (Wildman–Crippen LogP) is -8.68. The van der Waals surface area contributed by atoms with Crippen molar-refractivity contribution >= 4 is 20.8 Å². The first-order valence-electron chi connectivity index (χ1n) is 1.33. The van der Waals surface area contributed by atoms with Gasteiger partial charge < -0.3 is 43.0 Å². The molecule has 15 heteroatoms. The average Bonchev–Trinajstić information content (AvgIpc) is 1.12. The smallest absolute Gasteiger partial charge is 1.00 e. The third kappa shape index (κ3) is 867. The molecule has 0 aliphatic rings. The molecule has 0 N–H and O–H groups in total. The van der Waals surface area contributed by atoms with Gasteiger partial charge in [0.1, 0.15) is 0 Å². The van der Waals surface area contributed by atoms with Crippen molar-refractivity contribution in [1.82, 2.24) is 0 Å². The van der Waals surface area contributed by atoms with Gasteiger partial charge in [-0.05, 0) is 0 Å². The molecule has 0 aromatic heterocycles. The van der Waals surface area contributed by atoms with Crippen molar-refractivity contribution < 1.29 is 111 Å². The summed E-state index contributed by atoms with van der Waals surface area (Å²) >= 11 is 0. The van der Waals surface area contributed by atoms with Crippen LogP contribution in [0, 0.1) is 0 Å². The number of halogens is 2. The monoisotopic (exact) mass is 430 g/mol. The van der Waals surface area contributed by atoms with Crippen LogP contribution in [0.4, 0.5) is 0 Å². The van der Waals surface area contributed by atoms with Crippen LogP contribution in [0.15, 0.2) is 0 Å². The van der Waals surface area contributed by atoms with E-state index in [9.17, 15) is 0 Å². The van der Waals surface area contributed by atoms with Gasteiger partial charge in [-0.3, -0.25) is 16.8 Å². The predicted molar refractivity (Wildman–Crippen MR) is 20.9 cm³/mol. The third-order valence-corrected chi connectivity index (χ3v) is 0. The van der Waals surface area contributed by atoms with Crippen LogP contribution in [-0.4, -0.2) is 35.0 Å². The van der Waals surface area contributed by atoms with E-state index in [2.05, 4.69) is 0 Å². The summed E-state index contributed by atoms with van der Waals surface area (Å²) in [6.07, 6.45) is 0. The molecule has 0 aliphatic carbocycles. The average molecular weight is 431 g/mol. The number of rotatable bonds is 0. The molecule has 98 valence electrons. The molecule has 0 aliphatic heterocycles. The molecular weight excluding hydrogens is 431 g/mol. The molecule has 0 spiro atoms. The van der Waals surface area contributed by atoms with E-state index >= 15 is 0 Å². The number of hydrogen-bond acceptors (Lipinski definition) is 8. The topological polar surface area (TPSA) is 161 Å². The van der Waals surface area contributed by atoms with E-state index in [1.165, 1.54) is 0 Å². The summed E-state index contributed by atoms with van der Waals surface area (Å²) in [5.74, 6) is 0. The summed E-state index contributed by atoms with van der Waals surface area (Å²) < 4.78 is 68.2. The van der Waals surface area contributed by atoms with E-state index < -0.39 is 20.8 Å². The Morgan fingerprint density at radius 1 is 0.533 bits per heavy atom. The maximum absolute atomic E-state index is 8.52. The Kier molecular flexibility index (Phi) is 53.1. The Bertz CT molecular complexity index is 222. The van der Waals surface area contributed by atoms with Crippen LogP contribution in [0.5, 0.6) is 0 Å². The Labute approximate surface area is 131 Å². The van der Waals surface area contributed by atoms with E-state index in [0.29, 0.717) is 0 Å². The normalized spacial score (nSPS) is 7.73. The Morgan fingerprint density at radius 3 is 0.533 bits per heavy atom. The molecule has 0 bridgehead atoms. The molecule has 0 saturated heterocycles. The summed E-state index contributed by atoms with van der Waals surface area (Å²) in [7, 11) is -10.3. The molecule has 0 atom stereocenters. The molecule has 15 heavy (non-hydrogen) atoms. The molecule has 0 aromatic carbocycles. The quantitative estimate of drug-likeness (QED) is 0.208. The van der Waals surface area contributed by atoms with Gasteiger partial charge >= 0.3 is 51.2 Å². The van der Waals surface area contributed by atoms with Crippen LogP contribution < -0.4 is 24.8 Å². The summed E-state index contributed by atoms with van der Waals surface area (Å²) in [6.45, 7) is 0. The third-order valence-electron chi connectivity index (χ3n) is 0. The van der Waals surface area contributed by atoms with Gasteiger partial charge in [-0.2, -0.15) is 0 Å². The Hall–Kier alpha value is 1.88. The van der Waals surface area contributed by atoms with Gasteiger partial charge in [0, 0.05) is 20.8 Å². The van der Waals surface area contributed by atoms with Crippen LogP contribution in [0.3, 0.4) is 0 Å². The summed E-state index contributed by atoms with van der Waals surface area (Å²) in [5.41, 5.74) is 0. The second-order valence-corrected chi connectivity index (χ2v) is 2.45. The van der Waals surface area contributed by atoms with Gasteiger partial charge in [-0.25, -0.2) is 0 Å². The molecule has 0 radical (unpaired) electrons. The summed E-state index contributed by atoms with van der Waals surface area (Å²) in [5, 5.41) is 0. The SMILES string of the molecule is O=S(=O)([O-])[O-].O=S(=O)([O-])[O-].[Cl-].[Cl-].[Fe+2].[Fe+2].[Fe+2]. The fourth-order valence-corrected chi connectivity index (χ4v) is 0. The minimum atomic E-state index is -5.17. The van der Waals surface area contributed by atoms with Gasteiger partial charge in [0.2, 0.25) is 0 Å². The zero-order valence-electron chi connectivity index (χ0n) is 5.90. The van der Waals surface area contributed by atoms with Crippen molar-refractivity contribution in [3.63, 3.8) is 0 Å². The molecule has 0 heterocycles. The molecular formula is Cl2Fe3O8S2. The van der Waals surface area contributed by atoms with Crippen LogP contribution in [-0.2, 0) is 72.0 Å². The Balaban J connectivity index is -0.0000000128. The molecule has 0 fully saturated rings. The minimum Gasteiger partial charge on any atom is -1.00 e. The van der Waals surface area contributed by atoms with E-state index in [0.717, 1.165) is 0 Å². The zero-order chi connectivity index (χ0) is 9.00. The van der Waals surface area contributed by atoms with Gasteiger partial charge in [0.15, 0.2) is 0 Å². The maximum Gasteiger partial charge on any atom is 2.00 e. The van der Waals surface area contributed by atoms with E-state index in [1.54, 1.807) is 0 Å². The van der Waals surface area contributed by atoms with Crippen molar-refractivity contribution in [2.45, 2.75) is 0 Å². The van der Waals surface area contributed by atoms with Crippen molar-refractivity contribution in [2.24, 2.45) is 0 Å². The number of hydrogen-bond donors (Lipinski definition) is 0. The molecule has 0 saturated carbocycles. The summed E-state index contributed by atoms with van der Waals surface area (Å²) in [4.78, 5) is 0. The van der Waals surface area contributed by atoms with Gasteiger partial charge in [0.25, 0.3) is 0 Å². The fraction of sp³-hybridized carbons (Fsp3) is 0. The molecule has 0 rings (SSSR count). The van der Waals surface area contributed by atoms with Gasteiger partial charge in [-0.15, -0.1) is 0 Å².